The maximum atomic E-state index is 4.81. The SMILES string of the molecule is COC=CCNc1ccc2ncsc2c1. The van der Waals surface area contributed by atoms with Crippen molar-refractivity contribution in [3.8, 4) is 0 Å². The third-order valence-electron chi connectivity index (χ3n) is 1.99. The zero-order valence-electron chi connectivity index (χ0n) is 8.43. The molecule has 0 amide bonds. The Bertz CT molecular complexity index is 464. The van der Waals surface area contributed by atoms with Crippen molar-refractivity contribution < 1.29 is 4.74 Å². The molecule has 2 aromatic rings. The van der Waals surface area contributed by atoms with Gasteiger partial charge in [0.2, 0.25) is 0 Å². The second-order valence-electron chi connectivity index (χ2n) is 3.02. The molecule has 0 spiro atoms. The Morgan fingerprint density at radius 2 is 2.47 bits per heavy atom. The lowest BCUT2D eigenvalue weighted by Crippen LogP contribution is -1.97. The van der Waals surface area contributed by atoms with Gasteiger partial charge in [0, 0.05) is 12.2 Å². The molecular weight excluding hydrogens is 208 g/mol. The number of ether oxygens (including phenoxy) is 1. The Labute approximate surface area is 92.4 Å². The second kappa shape index (κ2) is 4.79. The van der Waals surface area contributed by atoms with E-state index in [4.69, 9.17) is 4.74 Å². The molecule has 1 N–H and O–H groups in total. The van der Waals surface area contributed by atoms with Crippen molar-refractivity contribution in [3.05, 3.63) is 36.0 Å². The molecule has 0 aliphatic carbocycles. The number of hydrogen-bond acceptors (Lipinski definition) is 4. The van der Waals surface area contributed by atoms with Gasteiger partial charge < -0.3 is 10.1 Å². The maximum Gasteiger partial charge on any atom is 0.0813 e. The van der Waals surface area contributed by atoms with Gasteiger partial charge in [0.1, 0.15) is 0 Å². The van der Waals surface area contributed by atoms with E-state index in [0.717, 1.165) is 17.7 Å². The highest BCUT2D eigenvalue weighted by molar-refractivity contribution is 7.16. The third-order valence-corrected chi connectivity index (χ3v) is 2.78. The fourth-order valence-electron chi connectivity index (χ4n) is 1.29. The highest BCUT2D eigenvalue weighted by atomic mass is 32.1. The van der Waals surface area contributed by atoms with Gasteiger partial charge in [-0.2, -0.15) is 0 Å². The molecule has 0 saturated heterocycles. The van der Waals surface area contributed by atoms with E-state index in [0.29, 0.717) is 0 Å². The largest absolute Gasteiger partial charge is 0.505 e. The Balaban J connectivity index is 2.04. The van der Waals surface area contributed by atoms with Crippen molar-refractivity contribution in [2.75, 3.05) is 19.0 Å². The quantitative estimate of drug-likeness (QED) is 0.804. The summed E-state index contributed by atoms with van der Waals surface area (Å²) in [7, 11) is 1.64. The fourth-order valence-corrected chi connectivity index (χ4v) is 2.00. The van der Waals surface area contributed by atoms with Gasteiger partial charge >= 0.3 is 0 Å². The average molecular weight is 220 g/mol. The van der Waals surface area contributed by atoms with Crippen LogP contribution < -0.4 is 5.32 Å². The van der Waals surface area contributed by atoms with Gasteiger partial charge in [-0.05, 0) is 24.3 Å². The van der Waals surface area contributed by atoms with Crippen LogP contribution in [-0.2, 0) is 4.74 Å². The minimum atomic E-state index is 0.762. The number of rotatable bonds is 4. The molecule has 0 fully saturated rings. The van der Waals surface area contributed by atoms with Gasteiger partial charge in [0.25, 0.3) is 0 Å². The molecule has 4 heteroatoms. The van der Waals surface area contributed by atoms with Gasteiger partial charge in [0.15, 0.2) is 0 Å². The maximum absolute atomic E-state index is 4.81. The van der Waals surface area contributed by atoms with Gasteiger partial charge in [-0.25, -0.2) is 4.98 Å². The summed E-state index contributed by atoms with van der Waals surface area (Å²) in [5.41, 5.74) is 4.02. The molecule has 0 saturated carbocycles. The zero-order chi connectivity index (χ0) is 10.5. The Morgan fingerprint density at radius 1 is 1.53 bits per heavy atom. The smallest absolute Gasteiger partial charge is 0.0813 e. The Morgan fingerprint density at radius 3 is 3.33 bits per heavy atom. The summed E-state index contributed by atoms with van der Waals surface area (Å²) in [6.45, 7) is 0.762. The normalized spacial score (nSPS) is 11.0. The number of benzene rings is 1. The summed E-state index contributed by atoms with van der Waals surface area (Å²) in [4.78, 5) is 4.23. The lowest BCUT2D eigenvalue weighted by Gasteiger charge is -2.02. The molecule has 78 valence electrons. The predicted octanol–water partition coefficient (Wildman–Crippen LogP) is 2.87. The Kier molecular flexibility index (Phi) is 3.19. The summed E-state index contributed by atoms with van der Waals surface area (Å²) in [6.07, 6.45) is 3.59. The molecule has 15 heavy (non-hydrogen) atoms. The summed E-state index contributed by atoms with van der Waals surface area (Å²) >= 11 is 1.65. The van der Waals surface area contributed by atoms with Crippen LogP contribution in [0.15, 0.2) is 36.0 Å². The van der Waals surface area contributed by atoms with Crippen LogP contribution in [0.25, 0.3) is 10.2 Å². The van der Waals surface area contributed by atoms with Crippen LogP contribution in [0.2, 0.25) is 0 Å². The molecule has 0 unspecified atom stereocenters. The van der Waals surface area contributed by atoms with E-state index in [-0.39, 0.29) is 0 Å². The van der Waals surface area contributed by atoms with E-state index < -0.39 is 0 Å². The average Bonchev–Trinajstić information content (AvgIpc) is 2.71. The topological polar surface area (TPSA) is 34.1 Å². The first kappa shape index (κ1) is 9.98. The second-order valence-corrected chi connectivity index (χ2v) is 3.91. The first-order valence-corrected chi connectivity index (χ1v) is 5.53. The van der Waals surface area contributed by atoms with Crippen molar-refractivity contribution >= 4 is 27.2 Å². The van der Waals surface area contributed by atoms with E-state index in [9.17, 15) is 0 Å². The van der Waals surface area contributed by atoms with Crippen LogP contribution in [0.3, 0.4) is 0 Å². The van der Waals surface area contributed by atoms with Crippen LogP contribution in [0.4, 0.5) is 5.69 Å². The molecule has 0 atom stereocenters. The van der Waals surface area contributed by atoms with Crippen molar-refractivity contribution in [3.63, 3.8) is 0 Å². The first-order chi connectivity index (χ1) is 7.40. The van der Waals surface area contributed by atoms with Crippen molar-refractivity contribution in [2.45, 2.75) is 0 Å². The van der Waals surface area contributed by atoms with Gasteiger partial charge in [-0.3, -0.25) is 0 Å². The van der Waals surface area contributed by atoms with Gasteiger partial charge in [0.05, 0.1) is 29.1 Å². The number of thiazole rings is 1. The van der Waals surface area contributed by atoms with Crippen LogP contribution in [-0.4, -0.2) is 18.6 Å². The molecule has 1 aromatic carbocycles. The zero-order valence-corrected chi connectivity index (χ0v) is 9.25. The number of aromatic nitrogens is 1. The van der Waals surface area contributed by atoms with Crippen LogP contribution in [0, 0.1) is 0 Å². The van der Waals surface area contributed by atoms with Crippen molar-refractivity contribution in [1.82, 2.24) is 4.98 Å². The van der Waals surface area contributed by atoms with E-state index in [1.165, 1.54) is 4.70 Å². The van der Waals surface area contributed by atoms with Crippen molar-refractivity contribution in [2.24, 2.45) is 0 Å². The molecule has 0 radical (unpaired) electrons. The van der Waals surface area contributed by atoms with Crippen LogP contribution in [0.5, 0.6) is 0 Å². The summed E-state index contributed by atoms with van der Waals surface area (Å²) < 4.78 is 6.01. The number of nitrogens with zero attached hydrogens (tertiary/aromatic N) is 1. The standard InChI is InChI=1S/C11H12N2OS/c1-14-6-2-5-12-9-3-4-10-11(7-9)15-8-13-10/h2-4,6-8,12H,5H2,1H3. The van der Waals surface area contributed by atoms with Gasteiger partial charge in [-0.15, -0.1) is 11.3 Å². The predicted molar refractivity (Wildman–Crippen MR) is 64.3 cm³/mol. The highest BCUT2D eigenvalue weighted by Crippen LogP contribution is 2.21. The molecular formula is C11H12N2OS. The van der Waals surface area contributed by atoms with E-state index in [1.807, 2.05) is 23.7 Å². The number of hydrogen-bond donors (Lipinski definition) is 1. The molecule has 2 rings (SSSR count). The number of anilines is 1. The van der Waals surface area contributed by atoms with Crippen LogP contribution >= 0.6 is 11.3 Å². The van der Waals surface area contributed by atoms with Crippen LogP contribution in [0.1, 0.15) is 0 Å². The minimum Gasteiger partial charge on any atom is -0.505 e. The molecule has 1 aromatic heterocycles. The highest BCUT2D eigenvalue weighted by Gasteiger charge is 1.96. The molecule has 3 nitrogen and oxygen atoms in total. The monoisotopic (exact) mass is 220 g/mol. The number of methoxy groups -OCH3 is 1. The number of nitrogens with one attached hydrogen (secondary N) is 1. The summed E-state index contributed by atoms with van der Waals surface area (Å²) in [5.74, 6) is 0. The Hall–Kier alpha value is -1.55. The fraction of sp³-hybridized carbons (Fsp3) is 0.182. The van der Waals surface area contributed by atoms with Crippen molar-refractivity contribution in [1.29, 1.82) is 0 Å². The molecule has 1 heterocycles. The third kappa shape index (κ3) is 2.47. The lowest BCUT2D eigenvalue weighted by atomic mass is 10.3. The minimum absolute atomic E-state index is 0.762. The molecule has 0 aliphatic rings. The van der Waals surface area contributed by atoms with E-state index >= 15 is 0 Å². The lowest BCUT2D eigenvalue weighted by molar-refractivity contribution is 0.337. The summed E-state index contributed by atoms with van der Waals surface area (Å²) in [6, 6.07) is 6.16. The van der Waals surface area contributed by atoms with E-state index in [1.54, 1.807) is 24.7 Å². The van der Waals surface area contributed by atoms with E-state index in [2.05, 4.69) is 16.4 Å². The number of fused-ring (bicyclic) bond motifs is 1. The van der Waals surface area contributed by atoms with Gasteiger partial charge in [-0.1, -0.05) is 0 Å². The molecule has 0 bridgehead atoms. The first-order valence-electron chi connectivity index (χ1n) is 4.65. The molecule has 0 aliphatic heterocycles. The summed E-state index contributed by atoms with van der Waals surface area (Å²) in [5, 5.41) is 3.27.